The molecule has 0 aromatic carbocycles. The minimum absolute atomic E-state index is 0.192. The predicted molar refractivity (Wildman–Crippen MR) is 59.4 cm³/mol. The van der Waals surface area contributed by atoms with Gasteiger partial charge in [-0.1, -0.05) is 15.9 Å². The Morgan fingerprint density at radius 3 is 2.27 bits per heavy atom. The highest BCUT2D eigenvalue weighted by Crippen LogP contribution is 2.46. The van der Waals surface area contributed by atoms with E-state index in [1.807, 2.05) is 0 Å². The van der Waals surface area contributed by atoms with Crippen molar-refractivity contribution in [2.24, 2.45) is 0 Å². The number of hydrogen-bond acceptors (Lipinski definition) is 1. The zero-order valence-corrected chi connectivity index (χ0v) is 11.4. The van der Waals surface area contributed by atoms with Gasteiger partial charge in [-0.25, -0.2) is 8.78 Å². The Morgan fingerprint density at radius 1 is 1.40 bits per heavy atom. The van der Waals surface area contributed by atoms with Crippen LogP contribution in [0.1, 0.15) is 15.3 Å². The quantitative estimate of drug-likeness (QED) is 0.510. The van der Waals surface area contributed by atoms with E-state index in [-0.39, 0.29) is 5.56 Å². The summed E-state index contributed by atoms with van der Waals surface area (Å²) in [5, 5.41) is 0. The highest BCUT2D eigenvalue weighted by Gasteiger charge is 2.48. The first kappa shape index (κ1) is 13.4. The van der Waals surface area contributed by atoms with Crippen LogP contribution in [0.15, 0.2) is 9.85 Å². The summed E-state index contributed by atoms with van der Waals surface area (Å²) in [6, 6.07) is 1.43. The van der Waals surface area contributed by atoms with Crippen LogP contribution in [-0.4, -0.2) is 12.3 Å². The molecule has 0 aliphatic rings. The van der Waals surface area contributed by atoms with E-state index in [2.05, 4.69) is 31.9 Å². The summed E-state index contributed by atoms with van der Waals surface area (Å²) in [5.41, 5.74) is 0.192. The molecular weight excluding hydrogens is 364 g/mol. The molecule has 0 aliphatic carbocycles. The normalized spacial score (nSPS) is 14.7. The van der Waals surface area contributed by atoms with Gasteiger partial charge in [-0.15, -0.1) is 11.3 Å². The standard InChI is InChI=1S/C8H6Br2F4S/c1-3-4(2-5(9)15-3)6(10)8(13,14)7(11)12/h2,6-7H,1H3. The van der Waals surface area contributed by atoms with Gasteiger partial charge in [0.1, 0.15) is 4.83 Å². The maximum Gasteiger partial charge on any atom is 0.323 e. The average Bonchev–Trinajstić information content (AvgIpc) is 2.43. The third-order valence-corrected chi connectivity index (χ3v) is 4.50. The van der Waals surface area contributed by atoms with Crippen LogP contribution in [0.3, 0.4) is 0 Å². The molecule has 1 rings (SSSR count). The van der Waals surface area contributed by atoms with Crippen LogP contribution in [0.2, 0.25) is 0 Å². The largest absolute Gasteiger partial charge is 0.323 e. The molecule has 1 unspecified atom stereocenters. The van der Waals surface area contributed by atoms with Gasteiger partial charge >= 0.3 is 12.3 Å². The number of alkyl halides is 5. The van der Waals surface area contributed by atoms with Crippen LogP contribution < -0.4 is 0 Å². The molecule has 0 saturated heterocycles. The van der Waals surface area contributed by atoms with Crippen molar-refractivity contribution >= 4 is 43.2 Å². The van der Waals surface area contributed by atoms with Crippen molar-refractivity contribution in [1.29, 1.82) is 0 Å². The van der Waals surface area contributed by atoms with Crippen molar-refractivity contribution < 1.29 is 17.6 Å². The fraction of sp³-hybridized carbons (Fsp3) is 0.500. The van der Waals surface area contributed by atoms with Gasteiger partial charge in [0.05, 0.1) is 3.79 Å². The number of hydrogen-bond donors (Lipinski definition) is 0. The van der Waals surface area contributed by atoms with Gasteiger partial charge < -0.3 is 0 Å². The summed E-state index contributed by atoms with van der Waals surface area (Å²) >= 11 is 6.98. The highest BCUT2D eigenvalue weighted by molar-refractivity contribution is 9.11. The fourth-order valence-corrected chi connectivity index (χ4v) is 3.60. The third-order valence-electron chi connectivity index (χ3n) is 1.83. The first-order valence-electron chi connectivity index (χ1n) is 3.82. The van der Waals surface area contributed by atoms with Crippen molar-refractivity contribution in [3.8, 4) is 0 Å². The van der Waals surface area contributed by atoms with E-state index in [0.717, 1.165) is 0 Å². The van der Waals surface area contributed by atoms with Crippen LogP contribution >= 0.6 is 43.2 Å². The minimum Gasteiger partial charge on any atom is -0.204 e. The Bertz CT molecular complexity index is 350. The van der Waals surface area contributed by atoms with Crippen LogP contribution in [-0.2, 0) is 0 Å². The van der Waals surface area contributed by atoms with E-state index < -0.39 is 17.2 Å². The lowest BCUT2D eigenvalue weighted by molar-refractivity contribution is -0.127. The highest BCUT2D eigenvalue weighted by atomic mass is 79.9. The van der Waals surface area contributed by atoms with Gasteiger partial charge in [-0.2, -0.15) is 8.78 Å². The van der Waals surface area contributed by atoms with Crippen LogP contribution in [0.25, 0.3) is 0 Å². The molecule has 0 amide bonds. The van der Waals surface area contributed by atoms with E-state index in [4.69, 9.17) is 0 Å². The third kappa shape index (κ3) is 2.74. The van der Waals surface area contributed by atoms with Crippen molar-refractivity contribution in [2.45, 2.75) is 24.1 Å². The van der Waals surface area contributed by atoms with Crippen LogP contribution in [0.4, 0.5) is 17.6 Å². The number of thiophene rings is 1. The zero-order chi connectivity index (χ0) is 11.8. The lowest BCUT2D eigenvalue weighted by Crippen LogP contribution is -2.31. The van der Waals surface area contributed by atoms with Gasteiger partial charge in [0.15, 0.2) is 0 Å². The van der Waals surface area contributed by atoms with E-state index >= 15 is 0 Å². The SMILES string of the molecule is Cc1sc(Br)cc1C(Br)C(F)(F)C(F)F. The second-order valence-electron chi connectivity index (χ2n) is 2.90. The van der Waals surface area contributed by atoms with Crippen molar-refractivity contribution in [2.75, 3.05) is 0 Å². The van der Waals surface area contributed by atoms with Crippen LogP contribution in [0, 0.1) is 6.92 Å². The second kappa shape index (κ2) is 4.71. The molecule has 0 bridgehead atoms. The van der Waals surface area contributed by atoms with E-state index in [1.165, 1.54) is 17.4 Å². The maximum atomic E-state index is 13.0. The van der Waals surface area contributed by atoms with Crippen molar-refractivity contribution in [3.63, 3.8) is 0 Å². The molecule has 0 radical (unpaired) electrons. The second-order valence-corrected chi connectivity index (χ2v) is 6.45. The smallest absolute Gasteiger partial charge is 0.204 e. The fourth-order valence-electron chi connectivity index (χ4n) is 1.03. The van der Waals surface area contributed by atoms with Gasteiger partial charge in [0.25, 0.3) is 0 Å². The van der Waals surface area contributed by atoms with Gasteiger partial charge in [0, 0.05) is 4.88 Å². The summed E-state index contributed by atoms with van der Waals surface area (Å²) in [6.07, 6.45) is -3.68. The summed E-state index contributed by atoms with van der Waals surface area (Å²) < 4.78 is 50.9. The van der Waals surface area contributed by atoms with Gasteiger partial charge in [0.2, 0.25) is 0 Å². The maximum absolute atomic E-state index is 13.0. The number of rotatable bonds is 3. The Hall–Kier alpha value is 0.380. The first-order valence-corrected chi connectivity index (χ1v) is 6.35. The molecule has 0 N–H and O–H groups in total. The van der Waals surface area contributed by atoms with E-state index in [0.29, 0.717) is 8.66 Å². The van der Waals surface area contributed by atoms with E-state index in [1.54, 1.807) is 6.92 Å². The molecule has 0 saturated carbocycles. The lowest BCUT2D eigenvalue weighted by Gasteiger charge is -2.21. The number of halogens is 6. The molecule has 1 heterocycles. The predicted octanol–water partition coefficient (Wildman–Crippen LogP) is 5.16. The molecule has 1 atom stereocenters. The Morgan fingerprint density at radius 2 is 1.93 bits per heavy atom. The molecule has 0 aliphatic heterocycles. The van der Waals surface area contributed by atoms with Crippen LogP contribution in [0.5, 0.6) is 0 Å². The summed E-state index contributed by atoms with van der Waals surface area (Å²) in [5.74, 6) is -4.06. The molecule has 86 valence electrons. The average molecular weight is 370 g/mol. The Labute approximate surface area is 105 Å². The van der Waals surface area contributed by atoms with Crippen molar-refractivity contribution in [1.82, 2.24) is 0 Å². The summed E-state index contributed by atoms with van der Waals surface area (Å²) in [4.78, 5) is -1.07. The monoisotopic (exact) mass is 368 g/mol. The molecule has 15 heavy (non-hydrogen) atoms. The molecular formula is C8H6Br2F4S. The molecule has 0 fully saturated rings. The molecule has 0 nitrogen and oxygen atoms in total. The summed E-state index contributed by atoms with van der Waals surface area (Å²) in [6.45, 7) is 1.61. The van der Waals surface area contributed by atoms with Gasteiger partial charge in [-0.3, -0.25) is 0 Å². The minimum atomic E-state index is -4.06. The van der Waals surface area contributed by atoms with Gasteiger partial charge in [-0.05, 0) is 34.5 Å². The molecule has 7 heteroatoms. The topological polar surface area (TPSA) is 0 Å². The summed E-state index contributed by atoms with van der Waals surface area (Å²) in [7, 11) is 0. The van der Waals surface area contributed by atoms with Crippen molar-refractivity contribution in [3.05, 3.63) is 20.3 Å². The van der Waals surface area contributed by atoms with E-state index in [9.17, 15) is 17.6 Å². The Balaban J connectivity index is 3.04. The Kier molecular flexibility index (Phi) is 4.22. The molecule has 0 spiro atoms. The lowest BCUT2D eigenvalue weighted by atomic mass is 10.1. The zero-order valence-electron chi connectivity index (χ0n) is 7.41. The first-order chi connectivity index (χ1) is 6.76. The molecule has 1 aromatic heterocycles. The number of aryl methyl sites for hydroxylation is 1. The molecule has 1 aromatic rings.